The maximum Gasteiger partial charge on any atom is 0.253 e. The summed E-state index contributed by atoms with van der Waals surface area (Å²) >= 11 is 6.00. The van der Waals surface area contributed by atoms with Gasteiger partial charge in [-0.15, -0.1) is 0 Å². The predicted octanol–water partition coefficient (Wildman–Crippen LogP) is 3.49. The van der Waals surface area contributed by atoms with Crippen molar-refractivity contribution in [3.63, 3.8) is 0 Å². The normalized spacial score (nSPS) is 9.91. The zero-order chi connectivity index (χ0) is 16.1. The smallest absolute Gasteiger partial charge is 0.253 e. The van der Waals surface area contributed by atoms with Gasteiger partial charge in [-0.2, -0.15) is 5.26 Å². The fraction of sp³-hybridized carbons (Fsp3) is 0.176. The van der Waals surface area contributed by atoms with Crippen LogP contribution >= 0.6 is 11.6 Å². The Morgan fingerprint density at radius 2 is 2.09 bits per heavy atom. The van der Waals surface area contributed by atoms with Gasteiger partial charge in [-0.25, -0.2) is 0 Å². The number of rotatable bonds is 4. The fourth-order valence-electron chi connectivity index (χ4n) is 2.14. The Kier molecular flexibility index (Phi) is 5.03. The third-order valence-electron chi connectivity index (χ3n) is 3.24. The lowest BCUT2D eigenvalue weighted by Crippen LogP contribution is -2.26. The van der Waals surface area contributed by atoms with E-state index in [9.17, 15) is 4.79 Å². The molecular formula is C17H15ClN2O2. The van der Waals surface area contributed by atoms with E-state index in [1.54, 1.807) is 61.5 Å². The molecule has 2 rings (SSSR count). The molecule has 0 fully saturated rings. The number of benzene rings is 2. The van der Waals surface area contributed by atoms with Gasteiger partial charge in [0.15, 0.2) is 0 Å². The molecule has 0 N–H and O–H groups in total. The molecule has 5 heteroatoms. The molecule has 0 unspecified atom stereocenters. The van der Waals surface area contributed by atoms with E-state index in [2.05, 4.69) is 0 Å². The lowest BCUT2D eigenvalue weighted by atomic mass is 10.1. The average molecular weight is 315 g/mol. The highest BCUT2D eigenvalue weighted by Gasteiger charge is 2.15. The van der Waals surface area contributed by atoms with Gasteiger partial charge in [-0.05, 0) is 36.4 Å². The van der Waals surface area contributed by atoms with E-state index in [1.807, 2.05) is 6.07 Å². The van der Waals surface area contributed by atoms with Gasteiger partial charge < -0.3 is 9.64 Å². The number of hydrogen-bond acceptors (Lipinski definition) is 3. The SMILES string of the molecule is COc1ccc(Cl)cc1CN(C)C(=O)c1cccc(C#N)c1. The van der Waals surface area contributed by atoms with Crippen LogP contribution in [0.1, 0.15) is 21.5 Å². The fourth-order valence-corrected chi connectivity index (χ4v) is 2.33. The van der Waals surface area contributed by atoms with Crippen molar-refractivity contribution >= 4 is 17.5 Å². The highest BCUT2D eigenvalue weighted by atomic mass is 35.5. The van der Waals surface area contributed by atoms with Crippen molar-refractivity contribution in [2.75, 3.05) is 14.2 Å². The Balaban J connectivity index is 2.21. The van der Waals surface area contributed by atoms with E-state index in [1.165, 1.54) is 0 Å². The lowest BCUT2D eigenvalue weighted by molar-refractivity contribution is 0.0784. The van der Waals surface area contributed by atoms with Crippen molar-refractivity contribution in [1.29, 1.82) is 5.26 Å². The molecule has 2 aromatic carbocycles. The summed E-state index contributed by atoms with van der Waals surface area (Å²) in [6.07, 6.45) is 0. The number of ether oxygens (including phenoxy) is 1. The van der Waals surface area contributed by atoms with Gasteiger partial charge in [-0.1, -0.05) is 17.7 Å². The van der Waals surface area contributed by atoms with Crippen molar-refractivity contribution in [3.8, 4) is 11.8 Å². The second-order valence-corrected chi connectivity index (χ2v) is 5.25. The Bertz CT molecular complexity index is 738. The van der Waals surface area contributed by atoms with Crippen molar-refractivity contribution in [3.05, 3.63) is 64.2 Å². The molecule has 0 bridgehead atoms. The molecule has 0 aliphatic carbocycles. The van der Waals surface area contributed by atoms with E-state index in [4.69, 9.17) is 21.6 Å². The highest BCUT2D eigenvalue weighted by molar-refractivity contribution is 6.30. The predicted molar refractivity (Wildman–Crippen MR) is 85.0 cm³/mol. The van der Waals surface area contributed by atoms with E-state index >= 15 is 0 Å². The van der Waals surface area contributed by atoms with Crippen LogP contribution in [0.2, 0.25) is 5.02 Å². The number of nitrogens with zero attached hydrogens (tertiary/aromatic N) is 2. The summed E-state index contributed by atoms with van der Waals surface area (Å²) in [6, 6.07) is 13.9. The van der Waals surface area contributed by atoms with Crippen LogP contribution in [0.4, 0.5) is 0 Å². The van der Waals surface area contributed by atoms with Crippen LogP contribution in [-0.4, -0.2) is 25.0 Å². The monoisotopic (exact) mass is 314 g/mol. The number of carbonyl (C=O) groups excluding carboxylic acids is 1. The van der Waals surface area contributed by atoms with E-state index < -0.39 is 0 Å². The first-order chi connectivity index (χ1) is 10.5. The number of amides is 1. The second-order valence-electron chi connectivity index (χ2n) is 4.81. The number of hydrogen-bond donors (Lipinski definition) is 0. The molecule has 2 aromatic rings. The molecule has 0 saturated heterocycles. The van der Waals surface area contributed by atoms with Gasteiger partial charge in [0, 0.05) is 29.7 Å². The maximum atomic E-state index is 12.4. The highest BCUT2D eigenvalue weighted by Crippen LogP contribution is 2.24. The summed E-state index contributed by atoms with van der Waals surface area (Å²) < 4.78 is 5.28. The van der Waals surface area contributed by atoms with Crippen molar-refractivity contribution in [2.45, 2.75) is 6.54 Å². The van der Waals surface area contributed by atoms with Crippen molar-refractivity contribution < 1.29 is 9.53 Å². The lowest BCUT2D eigenvalue weighted by Gasteiger charge is -2.19. The average Bonchev–Trinajstić information content (AvgIpc) is 2.54. The quantitative estimate of drug-likeness (QED) is 0.868. The number of halogens is 1. The maximum absolute atomic E-state index is 12.4. The summed E-state index contributed by atoms with van der Waals surface area (Å²) in [7, 11) is 3.27. The van der Waals surface area contributed by atoms with Gasteiger partial charge in [0.05, 0.1) is 18.7 Å². The molecule has 0 aromatic heterocycles. The minimum atomic E-state index is -0.167. The summed E-state index contributed by atoms with van der Waals surface area (Å²) in [5.74, 6) is 0.508. The van der Waals surface area contributed by atoms with Crippen LogP contribution in [0.5, 0.6) is 5.75 Å². The standard InChI is InChI=1S/C17H15ClN2O2/c1-20(11-14-9-15(18)6-7-16(14)22-2)17(21)13-5-3-4-12(8-13)10-19/h3-9H,11H2,1-2H3. The largest absolute Gasteiger partial charge is 0.496 e. The molecule has 0 spiro atoms. The molecule has 112 valence electrons. The second kappa shape index (κ2) is 6.97. The zero-order valence-corrected chi connectivity index (χ0v) is 13.1. The molecular weight excluding hydrogens is 300 g/mol. The molecule has 0 heterocycles. The van der Waals surface area contributed by atoms with Crippen molar-refractivity contribution in [1.82, 2.24) is 4.90 Å². The summed E-state index contributed by atoms with van der Waals surface area (Å²) in [5, 5.41) is 9.50. The molecule has 0 aliphatic heterocycles. The molecule has 1 amide bonds. The van der Waals surface area contributed by atoms with Crippen LogP contribution < -0.4 is 4.74 Å². The first-order valence-corrected chi connectivity index (χ1v) is 7.01. The molecule has 0 radical (unpaired) electrons. The number of carbonyl (C=O) groups is 1. The van der Waals surface area contributed by atoms with Gasteiger partial charge >= 0.3 is 0 Å². The first-order valence-electron chi connectivity index (χ1n) is 6.63. The number of methoxy groups -OCH3 is 1. The molecule has 22 heavy (non-hydrogen) atoms. The zero-order valence-electron chi connectivity index (χ0n) is 12.3. The molecule has 4 nitrogen and oxygen atoms in total. The Morgan fingerprint density at radius 1 is 1.32 bits per heavy atom. The third-order valence-corrected chi connectivity index (χ3v) is 3.47. The Hall–Kier alpha value is -2.51. The van der Waals surface area contributed by atoms with Gasteiger partial charge in [0.25, 0.3) is 5.91 Å². The first kappa shape index (κ1) is 15.9. The Labute approximate surface area is 134 Å². The molecule has 0 aliphatic rings. The van der Waals surface area contributed by atoms with E-state index in [-0.39, 0.29) is 5.91 Å². The van der Waals surface area contributed by atoms with E-state index in [0.29, 0.717) is 28.4 Å². The summed E-state index contributed by atoms with van der Waals surface area (Å²) in [5.41, 5.74) is 1.75. The van der Waals surface area contributed by atoms with Crippen LogP contribution in [0.15, 0.2) is 42.5 Å². The molecule has 0 atom stereocenters. The van der Waals surface area contributed by atoms with Gasteiger partial charge in [0.2, 0.25) is 0 Å². The van der Waals surface area contributed by atoms with Crippen LogP contribution in [0.25, 0.3) is 0 Å². The minimum Gasteiger partial charge on any atom is -0.496 e. The van der Waals surface area contributed by atoms with E-state index in [0.717, 1.165) is 5.56 Å². The van der Waals surface area contributed by atoms with Crippen LogP contribution in [-0.2, 0) is 6.54 Å². The van der Waals surface area contributed by atoms with Crippen LogP contribution in [0.3, 0.4) is 0 Å². The minimum absolute atomic E-state index is 0.167. The van der Waals surface area contributed by atoms with Crippen molar-refractivity contribution in [2.24, 2.45) is 0 Å². The van der Waals surface area contributed by atoms with Gasteiger partial charge in [0.1, 0.15) is 5.75 Å². The number of nitriles is 1. The Morgan fingerprint density at radius 3 is 2.77 bits per heavy atom. The third kappa shape index (κ3) is 3.57. The summed E-state index contributed by atoms with van der Waals surface area (Å²) in [4.78, 5) is 14.0. The molecule has 0 saturated carbocycles. The van der Waals surface area contributed by atoms with Crippen LogP contribution in [0, 0.1) is 11.3 Å². The van der Waals surface area contributed by atoms with Gasteiger partial charge in [-0.3, -0.25) is 4.79 Å². The topological polar surface area (TPSA) is 53.3 Å². The summed E-state index contributed by atoms with van der Waals surface area (Å²) in [6.45, 7) is 0.360.